The average Bonchev–Trinajstić information content (AvgIpc) is 2.35. The number of hydrogen-bond donors (Lipinski definition) is 1. The van der Waals surface area contributed by atoms with Crippen molar-refractivity contribution in [3.05, 3.63) is 33.8 Å². The largest absolute Gasteiger partial charge is 0.310 e. The van der Waals surface area contributed by atoms with E-state index in [0.29, 0.717) is 6.04 Å². The Bertz CT molecular complexity index is 366. The highest BCUT2D eigenvalue weighted by atomic mass is 35.5. The van der Waals surface area contributed by atoms with E-state index in [1.807, 2.05) is 0 Å². The number of nitrogens with one attached hydrogen (secondary N) is 1. The molecular formula is C16H26ClN. The molecular weight excluding hydrogens is 242 g/mol. The van der Waals surface area contributed by atoms with Crippen molar-refractivity contribution >= 4 is 11.6 Å². The topological polar surface area (TPSA) is 12.0 Å². The summed E-state index contributed by atoms with van der Waals surface area (Å²) in [5, 5.41) is 4.54. The fourth-order valence-electron chi connectivity index (χ4n) is 2.27. The van der Waals surface area contributed by atoms with Gasteiger partial charge < -0.3 is 5.32 Å². The molecule has 18 heavy (non-hydrogen) atoms. The number of aryl methyl sites for hydroxylation is 2. The van der Waals surface area contributed by atoms with Crippen LogP contribution in [0.5, 0.6) is 0 Å². The summed E-state index contributed by atoms with van der Waals surface area (Å²) in [6.07, 6.45) is 4.89. The fourth-order valence-corrected chi connectivity index (χ4v) is 2.49. The van der Waals surface area contributed by atoms with E-state index in [-0.39, 0.29) is 0 Å². The Balaban J connectivity index is 2.92. The van der Waals surface area contributed by atoms with Gasteiger partial charge in [-0.2, -0.15) is 0 Å². The van der Waals surface area contributed by atoms with Crippen molar-refractivity contribution in [2.45, 2.75) is 59.4 Å². The third-order valence-electron chi connectivity index (χ3n) is 3.41. The van der Waals surface area contributed by atoms with E-state index < -0.39 is 0 Å². The predicted molar refractivity (Wildman–Crippen MR) is 81.5 cm³/mol. The quantitative estimate of drug-likeness (QED) is 0.717. The molecule has 1 atom stereocenters. The van der Waals surface area contributed by atoms with Crippen molar-refractivity contribution in [2.75, 3.05) is 6.54 Å². The first-order valence-electron chi connectivity index (χ1n) is 7.10. The Morgan fingerprint density at radius 1 is 1.11 bits per heavy atom. The Morgan fingerprint density at radius 3 is 2.44 bits per heavy atom. The van der Waals surface area contributed by atoms with Gasteiger partial charge in [0, 0.05) is 11.1 Å². The zero-order valence-electron chi connectivity index (χ0n) is 12.1. The van der Waals surface area contributed by atoms with Crippen LogP contribution >= 0.6 is 11.6 Å². The van der Waals surface area contributed by atoms with E-state index in [2.05, 4.69) is 45.1 Å². The minimum absolute atomic E-state index is 0.473. The normalized spacial score (nSPS) is 12.7. The maximum Gasteiger partial charge on any atom is 0.0438 e. The molecule has 1 unspecified atom stereocenters. The minimum Gasteiger partial charge on any atom is -0.310 e. The molecule has 0 bridgehead atoms. The number of unbranched alkanes of at least 4 members (excludes halogenated alkanes) is 1. The van der Waals surface area contributed by atoms with Gasteiger partial charge in [0.05, 0.1) is 0 Å². The van der Waals surface area contributed by atoms with Gasteiger partial charge in [-0.3, -0.25) is 0 Å². The lowest BCUT2D eigenvalue weighted by atomic mass is 9.95. The Kier molecular flexibility index (Phi) is 6.73. The van der Waals surface area contributed by atoms with E-state index in [1.54, 1.807) is 0 Å². The van der Waals surface area contributed by atoms with E-state index in [0.717, 1.165) is 11.6 Å². The number of rotatable bonds is 7. The molecule has 102 valence electrons. The van der Waals surface area contributed by atoms with Crippen molar-refractivity contribution in [2.24, 2.45) is 0 Å². The Morgan fingerprint density at radius 2 is 1.83 bits per heavy atom. The Hall–Kier alpha value is -0.530. The second-order valence-electron chi connectivity index (χ2n) is 5.11. The van der Waals surface area contributed by atoms with Crippen molar-refractivity contribution in [3.8, 4) is 0 Å². The van der Waals surface area contributed by atoms with Gasteiger partial charge in [0.15, 0.2) is 0 Å². The van der Waals surface area contributed by atoms with Gasteiger partial charge in [-0.25, -0.2) is 0 Å². The van der Waals surface area contributed by atoms with Crippen LogP contribution in [-0.2, 0) is 0 Å². The molecule has 1 aromatic rings. The van der Waals surface area contributed by atoms with Crippen LogP contribution in [0.1, 0.15) is 62.3 Å². The van der Waals surface area contributed by atoms with Crippen LogP contribution in [0.25, 0.3) is 0 Å². The lowest BCUT2D eigenvalue weighted by Crippen LogP contribution is -2.23. The molecule has 1 aromatic carbocycles. The van der Waals surface area contributed by atoms with Gasteiger partial charge in [-0.05, 0) is 56.0 Å². The maximum atomic E-state index is 6.18. The zero-order chi connectivity index (χ0) is 13.5. The van der Waals surface area contributed by atoms with Crippen molar-refractivity contribution in [1.29, 1.82) is 0 Å². The van der Waals surface area contributed by atoms with E-state index in [1.165, 1.54) is 42.4 Å². The van der Waals surface area contributed by atoms with Gasteiger partial charge in [-0.15, -0.1) is 0 Å². The second-order valence-corrected chi connectivity index (χ2v) is 5.51. The van der Waals surface area contributed by atoms with Gasteiger partial charge in [0.25, 0.3) is 0 Å². The first-order chi connectivity index (χ1) is 8.60. The summed E-state index contributed by atoms with van der Waals surface area (Å²) < 4.78 is 0. The molecule has 0 saturated heterocycles. The molecule has 0 fully saturated rings. The molecule has 0 aliphatic carbocycles. The highest BCUT2D eigenvalue weighted by molar-refractivity contribution is 6.31. The first-order valence-corrected chi connectivity index (χ1v) is 7.48. The Labute approximate surface area is 117 Å². The third-order valence-corrected chi connectivity index (χ3v) is 3.82. The molecule has 0 heterocycles. The molecule has 0 radical (unpaired) electrons. The van der Waals surface area contributed by atoms with Crippen molar-refractivity contribution in [3.63, 3.8) is 0 Å². The summed E-state index contributed by atoms with van der Waals surface area (Å²) in [5.74, 6) is 0. The second kappa shape index (κ2) is 7.81. The van der Waals surface area contributed by atoms with Crippen LogP contribution in [0.2, 0.25) is 5.02 Å². The number of hydrogen-bond acceptors (Lipinski definition) is 1. The molecule has 2 heteroatoms. The summed E-state index contributed by atoms with van der Waals surface area (Å²) in [6, 6.07) is 4.82. The summed E-state index contributed by atoms with van der Waals surface area (Å²) in [6.45, 7) is 9.78. The number of benzene rings is 1. The SMILES string of the molecule is CCCCC(NCCC)c1cc(C)c(Cl)cc1C. The fraction of sp³-hybridized carbons (Fsp3) is 0.625. The number of halogens is 1. The monoisotopic (exact) mass is 267 g/mol. The molecule has 1 rings (SSSR count). The van der Waals surface area contributed by atoms with Crippen LogP contribution in [0.3, 0.4) is 0 Å². The van der Waals surface area contributed by atoms with E-state index in [9.17, 15) is 0 Å². The molecule has 0 aliphatic rings. The summed E-state index contributed by atoms with van der Waals surface area (Å²) >= 11 is 6.18. The van der Waals surface area contributed by atoms with E-state index >= 15 is 0 Å². The van der Waals surface area contributed by atoms with Crippen molar-refractivity contribution in [1.82, 2.24) is 5.32 Å². The van der Waals surface area contributed by atoms with E-state index in [4.69, 9.17) is 11.6 Å². The molecule has 0 saturated carbocycles. The highest BCUT2D eigenvalue weighted by Crippen LogP contribution is 2.27. The standard InChI is InChI=1S/C16H26ClN/c1-5-7-8-16(18-9-6-2)14-10-13(4)15(17)11-12(14)3/h10-11,16,18H,5-9H2,1-4H3. The van der Waals surface area contributed by atoms with Crippen LogP contribution in [-0.4, -0.2) is 6.54 Å². The van der Waals surface area contributed by atoms with Crippen molar-refractivity contribution < 1.29 is 0 Å². The van der Waals surface area contributed by atoms with Gasteiger partial charge in [-0.1, -0.05) is 44.4 Å². The average molecular weight is 268 g/mol. The van der Waals surface area contributed by atoms with Crippen LogP contribution in [0, 0.1) is 13.8 Å². The molecule has 1 N–H and O–H groups in total. The predicted octanol–water partition coefficient (Wildman–Crippen LogP) is 5.19. The molecule has 0 amide bonds. The van der Waals surface area contributed by atoms with Crippen LogP contribution < -0.4 is 5.32 Å². The third kappa shape index (κ3) is 4.29. The van der Waals surface area contributed by atoms with Gasteiger partial charge in [0.2, 0.25) is 0 Å². The summed E-state index contributed by atoms with van der Waals surface area (Å²) in [4.78, 5) is 0. The van der Waals surface area contributed by atoms with Crippen LogP contribution in [0.15, 0.2) is 12.1 Å². The summed E-state index contributed by atoms with van der Waals surface area (Å²) in [7, 11) is 0. The molecule has 0 aromatic heterocycles. The lowest BCUT2D eigenvalue weighted by Gasteiger charge is -2.22. The first kappa shape index (κ1) is 15.5. The van der Waals surface area contributed by atoms with Crippen LogP contribution in [0.4, 0.5) is 0 Å². The molecule has 0 aliphatic heterocycles. The smallest absolute Gasteiger partial charge is 0.0438 e. The summed E-state index contributed by atoms with van der Waals surface area (Å²) in [5.41, 5.74) is 3.89. The highest BCUT2D eigenvalue weighted by Gasteiger charge is 2.14. The van der Waals surface area contributed by atoms with Gasteiger partial charge in [0.1, 0.15) is 0 Å². The van der Waals surface area contributed by atoms with Gasteiger partial charge >= 0.3 is 0 Å². The molecule has 0 spiro atoms. The lowest BCUT2D eigenvalue weighted by molar-refractivity contribution is 0.479. The minimum atomic E-state index is 0.473. The molecule has 1 nitrogen and oxygen atoms in total. The zero-order valence-corrected chi connectivity index (χ0v) is 12.9. The maximum absolute atomic E-state index is 6.18.